The zero-order chi connectivity index (χ0) is 28.7. The third-order valence-electron chi connectivity index (χ3n) is 6.65. The maximum absolute atomic E-state index is 13.5. The van der Waals surface area contributed by atoms with Crippen molar-refractivity contribution in [1.29, 1.82) is 0 Å². The van der Waals surface area contributed by atoms with E-state index >= 15 is 0 Å². The minimum Gasteiger partial charge on any atom is -0.872 e. The van der Waals surface area contributed by atoms with Crippen molar-refractivity contribution >= 4 is 15.6 Å². The van der Waals surface area contributed by atoms with E-state index in [9.17, 15) is 38.9 Å². The summed E-state index contributed by atoms with van der Waals surface area (Å²) in [7, 11) is -10.5. The van der Waals surface area contributed by atoms with Crippen LogP contribution < -0.4 is 147 Å². The van der Waals surface area contributed by atoms with Gasteiger partial charge in [0.25, 0.3) is 0 Å². The standard InChI is InChI=1S/C28H26O10P2.4Na/c29-25-17-5-1-6-18(25)14-22-10-4-12-24(28(22)38-40(34,35)36)16-20-8-2-7-19(26(20)30)15-23-11-3-9-21(13-17)27(23)37-39(31,32)33;;;;/h1-12,29-30H,13-16H2,(H2,31,32,33)(H2,34,35,36);;;;/q;4*+1/p-4. The monoisotopic (exact) mass is 672 g/mol. The summed E-state index contributed by atoms with van der Waals surface area (Å²) in [4.78, 5) is 42.6. The topological polar surface area (TPSA) is 185 Å². The van der Waals surface area contributed by atoms with E-state index in [1.807, 2.05) is 0 Å². The zero-order valence-corrected chi connectivity index (χ0v) is 34.6. The van der Waals surface area contributed by atoms with Crippen LogP contribution in [0.2, 0.25) is 0 Å². The van der Waals surface area contributed by atoms with Gasteiger partial charge in [-0.05, 0) is 22.3 Å². The average Bonchev–Trinajstić information content (AvgIpc) is 2.85. The predicted octanol–water partition coefficient (Wildman–Crippen LogP) is -9.79. The van der Waals surface area contributed by atoms with E-state index in [1.54, 1.807) is 60.7 Å². The molecule has 0 spiro atoms. The summed E-state index contributed by atoms with van der Waals surface area (Å²) >= 11 is 0. The Bertz CT molecular complexity index is 1500. The van der Waals surface area contributed by atoms with Crippen molar-refractivity contribution in [2.45, 2.75) is 25.7 Å². The summed E-state index contributed by atoms with van der Waals surface area (Å²) in [6.45, 7) is 0. The largest absolute Gasteiger partial charge is 1.00 e. The fourth-order valence-corrected chi connectivity index (χ4v) is 5.88. The van der Waals surface area contributed by atoms with Gasteiger partial charge >= 0.3 is 126 Å². The summed E-state index contributed by atoms with van der Waals surface area (Å²) < 4.78 is 33.5. The van der Waals surface area contributed by atoms with Crippen LogP contribution in [0, 0.1) is 0 Å². The quantitative estimate of drug-likeness (QED) is 0.137. The molecule has 2 N–H and O–H groups in total. The Balaban J connectivity index is 0.00000242. The van der Waals surface area contributed by atoms with Crippen LogP contribution in [0.3, 0.4) is 0 Å². The second kappa shape index (κ2) is 17.7. The van der Waals surface area contributed by atoms with Gasteiger partial charge in [-0.2, -0.15) is 0 Å². The Morgan fingerprint density at radius 1 is 0.500 bits per heavy atom. The molecule has 0 radical (unpaired) electrons. The molecule has 4 aromatic rings. The van der Waals surface area contributed by atoms with Crippen molar-refractivity contribution in [2.75, 3.05) is 0 Å². The Kier molecular flexibility index (Phi) is 17.0. The van der Waals surface area contributed by atoms with E-state index in [1.165, 1.54) is 12.1 Å². The summed E-state index contributed by atoms with van der Waals surface area (Å²) in [6, 6.07) is 19.0. The molecule has 0 amide bonds. The molecule has 0 fully saturated rings. The smallest absolute Gasteiger partial charge is 0.872 e. The zero-order valence-electron chi connectivity index (χ0n) is 24.8. The molecule has 4 aromatic carbocycles. The van der Waals surface area contributed by atoms with E-state index in [4.69, 9.17) is 9.05 Å². The van der Waals surface area contributed by atoms with Gasteiger partial charge in [0.05, 0.1) is 0 Å². The molecule has 0 unspecified atom stereocenters. The third kappa shape index (κ3) is 10.7. The van der Waals surface area contributed by atoms with Crippen LogP contribution in [-0.2, 0) is 34.8 Å². The molecule has 0 atom stereocenters. The summed E-state index contributed by atoms with van der Waals surface area (Å²) in [5.74, 6) is -1.09. The Morgan fingerprint density at radius 3 is 1.00 bits per heavy atom. The van der Waals surface area contributed by atoms with Gasteiger partial charge < -0.3 is 33.6 Å². The second-order valence-corrected chi connectivity index (χ2v) is 11.7. The van der Waals surface area contributed by atoms with Crippen LogP contribution in [0.1, 0.15) is 44.5 Å². The fourth-order valence-electron chi connectivity index (χ4n) is 4.95. The first-order valence-corrected chi connectivity index (χ1v) is 15.1. The molecule has 8 bridgehead atoms. The van der Waals surface area contributed by atoms with Crippen molar-refractivity contribution < 1.29 is 166 Å². The average molecular weight is 672 g/mol. The fraction of sp³-hybridized carbons (Fsp3) is 0.143. The molecule has 1 aliphatic carbocycles. The van der Waals surface area contributed by atoms with Crippen LogP contribution in [-0.4, -0.2) is 9.79 Å². The number of hydrogen-bond acceptors (Lipinski definition) is 8. The van der Waals surface area contributed by atoms with Crippen molar-refractivity contribution in [1.82, 2.24) is 0 Å². The van der Waals surface area contributed by atoms with Crippen molar-refractivity contribution in [3.63, 3.8) is 0 Å². The number of fused-ring (bicyclic) bond motifs is 8. The Hall–Kier alpha value is 0.380. The van der Waals surface area contributed by atoms with Gasteiger partial charge in [0.15, 0.2) is 0 Å². The molecule has 0 aromatic heterocycles. The molecule has 10 nitrogen and oxygen atoms in total. The molecule has 0 saturated heterocycles. The van der Waals surface area contributed by atoms with Gasteiger partial charge in [-0.3, -0.25) is 9.79 Å². The third-order valence-corrected chi connectivity index (χ3v) is 7.48. The van der Waals surface area contributed by atoms with Crippen LogP contribution in [0.15, 0.2) is 72.8 Å². The Labute approximate surface area is 343 Å². The maximum Gasteiger partial charge on any atom is 1.00 e. The summed E-state index contributed by atoms with van der Waals surface area (Å²) in [5, 5.41) is 26.9. The van der Waals surface area contributed by atoms with Crippen LogP contribution in [0.4, 0.5) is 0 Å². The minimum atomic E-state index is -5.49. The number of benzene rings is 4. The van der Waals surface area contributed by atoms with Gasteiger partial charge in [-0.25, -0.2) is 4.57 Å². The first kappa shape index (κ1) is 42.4. The van der Waals surface area contributed by atoms with Crippen molar-refractivity contribution in [2.24, 2.45) is 0 Å². The Morgan fingerprint density at radius 2 is 0.750 bits per heavy atom. The van der Waals surface area contributed by atoms with E-state index in [0.717, 1.165) is 0 Å². The van der Waals surface area contributed by atoms with Crippen LogP contribution in [0.5, 0.6) is 23.0 Å². The summed E-state index contributed by atoms with van der Waals surface area (Å²) in [6.07, 6.45) is -0.238. The number of rotatable bonds is 4. The van der Waals surface area contributed by atoms with Gasteiger partial charge in [0.2, 0.25) is 0 Å². The number of hydrogen-bond donors (Lipinski definition) is 2. The first-order chi connectivity index (χ1) is 18.9. The van der Waals surface area contributed by atoms with E-state index in [-0.39, 0.29) is 189 Å². The maximum atomic E-state index is 13.5. The molecule has 1 aliphatic rings. The van der Waals surface area contributed by atoms with Crippen molar-refractivity contribution in [3.05, 3.63) is 117 Å². The van der Waals surface area contributed by atoms with E-state index in [2.05, 4.69) is 0 Å². The molecule has 0 heterocycles. The molecular formula is C28H22Na4O10P2. The molecule has 208 valence electrons. The molecule has 5 rings (SSSR count). The van der Waals surface area contributed by atoms with Gasteiger partial charge in [0, 0.05) is 25.7 Å². The normalized spacial score (nSPS) is 12.3. The molecule has 16 heteroatoms. The van der Waals surface area contributed by atoms with Crippen LogP contribution in [0.25, 0.3) is 0 Å². The summed E-state index contributed by atoms with van der Waals surface area (Å²) in [5.41, 5.74) is 2.33. The van der Waals surface area contributed by atoms with Gasteiger partial charge in [-0.15, -0.1) is 11.5 Å². The molecule has 0 saturated carbocycles. The molecule has 0 aliphatic heterocycles. The second-order valence-electron chi connectivity index (χ2n) is 9.45. The van der Waals surface area contributed by atoms with Crippen LogP contribution >= 0.6 is 15.6 Å². The number of phosphoric ester groups is 2. The minimum absolute atomic E-state index is 0. The number of para-hydroxylation sites is 4. The molecule has 44 heavy (non-hydrogen) atoms. The number of phosphoric acid groups is 2. The predicted molar refractivity (Wildman–Crippen MR) is 137 cm³/mol. The van der Waals surface area contributed by atoms with Gasteiger partial charge in [-0.1, -0.05) is 95.1 Å². The molecular weight excluding hydrogens is 650 g/mol. The van der Waals surface area contributed by atoms with E-state index in [0.29, 0.717) is 22.3 Å². The van der Waals surface area contributed by atoms with Crippen molar-refractivity contribution in [3.8, 4) is 23.0 Å². The van der Waals surface area contributed by atoms with Gasteiger partial charge in [0.1, 0.15) is 19.3 Å². The SMILES string of the molecule is O=P([O-])([O-])Oc1c2cccc1Cc1cccc(c1[O-])Cc1cccc(c1OP(=O)(O)O)Cc1cccc(c1[O-])C2.[Na+].[Na+].[Na+].[Na+]. The first-order valence-electron chi connectivity index (χ1n) is 12.1. The van der Waals surface area contributed by atoms with E-state index < -0.39 is 15.6 Å².